The van der Waals surface area contributed by atoms with Crippen LogP contribution in [0.5, 0.6) is 0 Å². The van der Waals surface area contributed by atoms with Crippen molar-refractivity contribution in [3.05, 3.63) is 211 Å². The zero-order chi connectivity index (χ0) is 37.0. The van der Waals surface area contributed by atoms with E-state index in [2.05, 4.69) is 138 Å². The normalized spacial score (nSPS) is 12.0. The van der Waals surface area contributed by atoms with Gasteiger partial charge in [0.05, 0.1) is 17.6 Å². The third kappa shape index (κ3) is 6.83. The summed E-state index contributed by atoms with van der Waals surface area (Å²) in [4.78, 5) is 16.5. The molecule has 0 saturated carbocycles. The van der Waals surface area contributed by atoms with Crippen molar-refractivity contribution in [1.82, 2.24) is 0 Å². The second-order valence-electron chi connectivity index (χ2n) is 13.3. The molecule has 0 amide bonds. The van der Waals surface area contributed by atoms with E-state index in [0.717, 1.165) is 55.7 Å². The van der Waals surface area contributed by atoms with Gasteiger partial charge in [0.25, 0.3) is 0 Å². The first kappa shape index (κ1) is 33.5. The first-order valence-electron chi connectivity index (χ1n) is 18.3. The van der Waals surface area contributed by atoms with Gasteiger partial charge in [-0.2, -0.15) is 0 Å². The van der Waals surface area contributed by atoms with Gasteiger partial charge in [-0.15, -0.1) is 0 Å². The molecule has 0 radical (unpaired) electrons. The Hall–Kier alpha value is -7.37. The molecule has 0 N–H and O–H groups in total. The Morgan fingerprint density at radius 1 is 0.509 bits per heavy atom. The quantitative estimate of drug-likeness (QED) is 0.117. The van der Waals surface area contributed by atoms with E-state index in [1.165, 1.54) is 21.9 Å². The van der Waals surface area contributed by atoms with Gasteiger partial charge in [-0.1, -0.05) is 152 Å². The summed E-state index contributed by atoms with van der Waals surface area (Å²) in [5, 5.41) is 4.46. The summed E-state index contributed by atoms with van der Waals surface area (Å²) in [7, 11) is 0. The van der Waals surface area contributed by atoms with Gasteiger partial charge in [0.1, 0.15) is 11.2 Å². The number of nitrogens with zero attached hydrogens (tertiary/aromatic N) is 4. The Morgan fingerprint density at radius 3 is 1.87 bits per heavy atom. The van der Waals surface area contributed by atoms with Crippen LogP contribution in [0.4, 0.5) is 17.1 Å². The van der Waals surface area contributed by atoms with Crippen molar-refractivity contribution in [1.29, 1.82) is 0 Å². The molecule has 0 bridgehead atoms. The lowest BCUT2D eigenvalue weighted by Gasteiger charge is -2.27. The molecule has 55 heavy (non-hydrogen) atoms. The summed E-state index contributed by atoms with van der Waals surface area (Å²) in [6, 6.07) is 66.9. The topological polar surface area (TPSA) is 53.5 Å². The monoisotopic (exact) mass is 708 g/mol. The van der Waals surface area contributed by atoms with Crippen molar-refractivity contribution in [2.75, 3.05) is 4.90 Å². The lowest BCUT2D eigenvalue weighted by Crippen LogP contribution is -2.10. The molecule has 1 heterocycles. The number of aliphatic imine (C=N–C) groups is 3. The van der Waals surface area contributed by atoms with Crippen LogP contribution < -0.4 is 4.90 Å². The summed E-state index contributed by atoms with van der Waals surface area (Å²) >= 11 is 0. The van der Waals surface area contributed by atoms with E-state index in [4.69, 9.17) is 14.4 Å². The van der Waals surface area contributed by atoms with E-state index in [0.29, 0.717) is 18.2 Å². The largest absolute Gasteiger partial charge is 0.456 e. The van der Waals surface area contributed by atoms with Crippen LogP contribution in [0.15, 0.2) is 214 Å². The molecule has 5 nitrogen and oxygen atoms in total. The fraction of sp³-hybridized carbons (Fsp3) is 0.0200. The highest BCUT2D eigenvalue weighted by Gasteiger charge is 2.20. The smallest absolute Gasteiger partial charge is 0.161 e. The highest BCUT2D eigenvalue weighted by atomic mass is 16.3. The van der Waals surface area contributed by atoms with Crippen molar-refractivity contribution in [2.24, 2.45) is 15.0 Å². The fourth-order valence-electron chi connectivity index (χ4n) is 7.14. The van der Waals surface area contributed by atoms with Crippen LogP contribution in [0.2, 0.25) is 0 Å². The maximum absolute atomic E-state index is 6.61. The molecule has 0 atom stereocenters. The number of anilines is 3. The van der Waals surface area contributed by atoms with Gasteiger partial charge in [0.2, 0.25) is 0 Å². The van der Waals surface area contributed by atoms with Crippen LogP contribution in [-0.2, 0) is 6.54 Å². The van der Waals surface area contributed by atoms with Crippen molar-refractivity contribution >= 4 is 68.2 Å². The Kier molecular flexibility index (Phi) is 9.09. The number of hydrogen-bond acceptors (Lipinski definition) is 3. The maximum atomic E-state index is 6.61. The predicted molar refractivity (Wildman–Crippen MR) is 231 cm³/mol. The van der Waals surface area contributed by atoms with Crippen molar-refractivity contribution in [3.63, 3.8) is 0 Å². The minimum absolute atomic E-state index is 0.407. The molecule has 0 unspecified atom stereocenters. The molecule has 0 aliphatic heterocycles. The van der Waals surface area contributed by atoms with Crippen LogP contribution in [0, 0.1) is 0 Å². The second kappa shape index (κ2) is 14.9. The average molecular weight is 709 g/mol. The molecule has 0 aliphatic rings. The van der Waals surface area contributed by atoms with Crippen LogP contribution >= 0.6 is 0 Å². The van der Waals surface area contributed by atoms with E-state index in [-0.39, 0.29) is 0 Å². The van der Waals surface area contributed by atoms with E-state index < -0.39 is 0 Å². The van der Waals surface area contributed by atoms with Crippen molar-refractivity contribution in [2.45, 2.75) is 6.54 Å². The third-order valence-electron chi connectivity index (χ3n) is 9.84. The van der Waals surface area contributed by atoms with E-state index >= 15 is 0 Å². The minimum Gasteiger partial charge on any atom is -0.456 e. The van der Waals surface area contributed by atoms with E-state index in [9.17, 15) is 0 Å². The molecule has 9 aromatic rings. The van der Waals surface area contributed by atoms with Crippen molar-refractivity contribution in [3.8, 4) is 11.1 Å². The third-order valence-corrected chi connectivity index (χ3v) is 9.84. The zero-order valence-electron chi connectivity index (χ0n) is 30.1. The van der Waals surface area contributed by atoms with Gasteiger partial charge in [-0.3, -0.25) is 4.99 Å². The summed E-state index contributed by atoms with van der Waals surface area (Å²) < 4.78 is 6.61. The molecule has 5 heteroatoms. The number of hydrogen-bond donors (Lipinski definition) is 0. The molecule has 0 fully saturated rings. The number of furan rings is 1. The molecular formula is C50H36N4O. The Labute approximate surface area is 319 Å². The highest BCUT2D eigenvalue weighted by molar-refractivity contribution is 6.14. The second-order valence-corrected chi connectivity index (χ2v) is 13.3. The van der Waals surface area contributed by atoms with Crippen LogP contribution in [0.25, 0.3) is 43.8 Å². The Morgan fingerprint density at radius 2 is 1.15 bits per heavy atom. The molecule has 0 spiro atoms. The van der Waals surface area contributed by atoms with Gasteiger partial charge >= 0.3 is 0 Å². The molecule has 0 saturated heterocycles. The van der Waals surface area contributed by atoms with Crippen molar-refractivity contribution < 1.29 is 4.42 Å². The summed E-state index contributed by atoms with van der Waals surface area (Å²) in [6.45, 7) is 4.20. The highest BCUT2D eigenvalue weighted by Crippen LogP contribution is 2.44. The predicted octanol–water partition coefficient (Wildman–Crippen LogP) is 13.0. The molecule has 1 aromatic heterocycles. The first-order valence-corrected chi connectivity index (χ1v) is 18.3. The number of amidine groups is 2. The summed E-state index contributed by atoms with van der Waals surface area (Å²) in [6.07, 6.45) is 0. The molecule has 0 aliphatic carbocycles. The minimum atomic E-state index is 0.407. The summed E-state index contributed by atoms with van der Waals surface area (Å²) in [5.41, 5.74) is 9.93. The summed E-state index contributed by atoms with van der Waals surface area (Å²) in [5.74, 6) is 1.11. The number of rotatable bonds is 8. The maximum Gasteiger partial charge on any atom is 0.161 e. The SMILES string of the molecule is C=N/C(=N\C(=N/Cc1ccc2c(c1)oc1cccc(N(c3ccc(-c4ccccc4)cc3)c3ccc4ccccc4c3)c12)c1ccccc1)c1ccccc1. The van der Waals surface area contributed by atoms with Crippen LogP contribution in [0.1, 0.15) is 16.7 Å². The van der Waals surface area contributed by atoms with Crippen LogP contribution in [0.3, 0.4) is 0 Å². The molecule has 9 rings (SSSR count). The number of fused-ring (bicyclic) bond motifs is 4. The zero-order valence-corrected chi connectivity index (χ0v) is 30.1. The average Bonchev–Trinajstić information content (AvgIpc) is 3.64. The Balaban J connectivity index is 1.13. The first-order chi connectivity index (χ1) is 27.2. The molecular weight excluding hydrogens is 673 g/mol. The lowest BCUT2D eigenvalue weighted by atomic mass is 10.0. The number of benzene rings is 8. The lowest BCUT2D eigenvalue weighted by molar-refractivity contribution is 0.668. The standard InChI is InChI=1S/C50H36N4O/c1-51-49(39-17-7-3-8-18-39)53-50(40-19-9-4-10-20-40)52-34-35-24-31-44-47(32-35)55-46-23-13-22-45(48(44)46)54(43-30-27-37-16-11-12-21-41(37)33-43)42-28-25-38(26-29-42)36-14-5-2-6-15-36/h2-33H,1,34H2/b52-50-,53-49-. The van der Waals surface area contributed by atoms with Gasteiger partial charge in [-0.05, 0) is 76.6 Å². The van der Waals surface area contributed by atoms with Gasteiger partial charge in [0, 0.05) is 27.9 Å². The van der Waals surface area contributed by atoms with Gasteiger partial charge < -0.3 is 9.32 Å². The van der Waals surface area contributed by atoms with E-state index in [1.54, 1.807) is 0 Å². The van der Waals surface area contributed by atoms with Crippen LogP contribution in [-0.4, -0.2) is 18.4 Å². The molecule has 8 aromatic carbocycles. The fourth-order valence-corrected chi connectivity index (χ4v) is 7.14. The Bertz CT molecular complexity index is 2840. The molecule has 262 valence electrons. The van der Waals surface area contributed by atoms with Gasteiger partial charge in [-0.25, -0.2) is 9.98 Å². The van der Waals surface area contributed by atoms with E-state index in [1.807, 2.05) is 72.8 Å². The van der Waals surface area contributed by atoms with Gasteiger partial charge in [0.15, 0.2) is 11.7 Å².